The minimum Gasteiger partial charge on any atom is -0.379 e. The van der Waals surface area contributed by atoms with E-state index in [1.54, 1.807) is 12.3 Å². The summed E-state index contributed by atoms with van der Waals surface area (Å²) in [6.07, 6.45) is 6.72. The number of rotatable bonds is 2. The van der Waals surface area contributed by atoms with Gasteiger partial charge in [0, 0.05) is 18.6 Å². The lowest BCUT2D eigenvalue weighted by molar-refractivity contribution is 0.193. The normalized spacial score (nSPS) is 29.0. The van der Waals surface area contributed by atoms with Gasteiger partial charge in [-0.1, -0.05) is 6.42 Å². The lowest BCUT2D eigenvalue weighted by atomic mass is 9.99. The number of hydrogen-bond donors (Lipinski definition) is 1. The van der Waals surface area contributed by atoms with Crippen LogP contribution in [0, 0.1) is 5.95 Å². The SMILES string of the molecule is Fc1ccc(NC2CCN3CCCCC23)cn1. The number of nitrogens with zero attached hydrogens (tertiary/aromatic N) is 2. The van der Waals surface area contributed by atoms with Crippen LogP contribution in [0.3, 0.4) is 0 Å². The Balaban J connectivity index is 1.67. The van der Waals surface area contributed by atoms with Gasteiger partial charge in [-0.3, -0.25) is 4.90 Å². The second kappa shape index (κ2) is 4.61. The summed E-state index contributed by atoms with van der Waals surface area (Å²) in [7, 11) is 0. The summed E-state index contributed by atoms with van der Waals surface area (Å²) in [6, 6.07) is 4.35. The monoisotopic (exact) mass is 235 g/mol. The highest BCUT2D eigenvalue weighted by Crippen LogP contribution is 2.29. The summed E-state index contributed by atoms with van der Waals surface area (Å²) in [4.78, 5) is 6.26. The van der Waals surface area contributed by atoms with Crippen LogP contribution in [0.2, 0.25) is 0 Å². The largest absolute Gasteiger partial charge is 0.379 e. The lowest BCUT2D eigenvalue weighted by Crippen LogP contribution is -2.41. The van der Waals surface area contributed by atoms with E-state index < -0.39 is 5.95 Å². The first-order chi connectivity index (χ1) is 8.33. The summed E-state index contributed by atoms with van der Waals surface area (Å²) >= 11 is 0. The van der Waals surface area contributed by atoms with Crippen molar-refractivity contribution in [3.8, 4) is 0 Å². The Morgan fingerprint density at radius 1 is 1.24 bits per heavy atom. The molecule has 0 aromatic carbocycles. The lowest BCUT2D eigenvalue weighted by Gasteiger charge is -2.32. The maximum Gasteiger partial charge on any atom is 0.212 e. The molecule has 2 aliphatic heterocycles. The predicted molar refractivity (Wildman–Crippen MR) is 65.4 cm³/mol. The Labute approximate surface area is 101 Å². The molecule has 2 fully saturated rings. The molecule has 1 aromatic heterocycles. The molecule has 4 heteroatoms. The van der Waals surface area contributed by atoms with Gasteiger partial charge in [-0.05, 0) is 37.9 Å². The number of anilines is 1. The number of piperidine rings is 1. The fourth-order valence-electron chi connectivity index (χ4n) is 3.09. The Morgan fingerprint density at radius 2 is 2.18 bits per heavy atom. The molecule has 2 atom stereocenters. The van der Waals surface area contributed by atoms with E-state index in [4.69, 9.17) is 0 Å². The van der Waals surface area contributed by atoms with Crippen molar-refractivity contribution in [3.63, 3.8) is 0 Å². The van der Waals surface area contributed by atoms with Crippen LogP contribution in [0.4, 0.5) is 10.1 Å². The van der Waals surface area contributed by atoms with Crippen molar-refractivity contribution in [1.29, 1.82) is 0 Å². The van der Waals surface area contributed by atoms with Gasteiger partial charge in [0.2, 0.25) is 5.95 Å². The molecule has 3 nitrogen and oxygen atoms in total. The smallest absolute Gasteiger partial charge is 0.212 e. The fourth-order valence-corrected chi connectivity index (χ4v) is 3.09. The third-order valence-corrected chi connectivity index (χ3v) is 3.94. The number of halogens is 1. The summed E-state index contributed by atoms with van der Waals surface area (Å²) in [6.45, 7) is 2.43. The predicted octanol–water partition coefficient (Wildman–Crippen LogP) is 2.26. The highest BCUT2D eigenvalue weighted by atomic mass is 19.1. The van der Waals surface area contributed by atoms with E-state index in [9.17, 15) is 4.39 Å². The molecule has 0 radical (unpaired) electrons. The number of pyridine rings is 1. The Kier molecular flexibility index (Phi) is 2.97. The van der Waals surface area contributed by atoms with Crippen LogP contribution in [0.15, 0.2) is 18.3 Å². The minimum absolute atomic E-state index is 0.415. The zero-order valence-corrected chi connectivity index (χ0v) is 9.90. The van der Waals surface area contributed by atoms with Gasteiger partial charge >= 0.3 is 0 Å². The number of aromatic nitrogens is 1. The molecule has 3 heterocycles. The molecule has 0 amide bonds. The first-order valence-corrected chi connectivity index (χ1v) is 6.45. The topological polar surface area (TPSA) is 28.2 Å². The molecule has 92 valence electrons. The molecule has 2 aliphatic rings. The van der Waals surface area contributed by atoms with Gasteiger partial charge in [-0.25, -0.2) is 4.98 Å². The van der Waals surface area contributed by atoms with Crippen LogP contribution in [0.5, 0.6) is 0 Å². The Morgan fingerprint density at radius 3 is 3.00 bits per heavy atom. The van der Waals surface area contributed by atoms with Gasteiger partial charge < -0.3 is 5.32 Å². The van der Waals surface area contributed by atoms with Crippen LogP contribution in [-0.4, -0.2) is 35.1 Å². The molecule has 1 N–H and O–H groups in total. The van der Waals surface area contributed by atoms with E-state index in [2.05, 4.69) is 15.2 Å². The Bertz CT molecular complexity index is 379. The van der Waals surface area contributed by atoms with Crippen molar-refractivity contribution in [1.82, 2.24) is 9.88 Å². The molecular formula is C13H18FN3. The zero-order valence-electron chi connectivity index (χ0n) is 9.90. The number of nitrogens with one attached hydrogen (secondary N) is 1. The van der Waals surface area contributed by atoms with Crippen LogP contribution >= 0.6 is 0 Å². The average Bonchev–Trinajstić information content (AvgIpc) is 2.76. The quantitative estimate of drug-likeness (QED) is 0.797. The summed E-state index contributed by atoms with van der Waals surface area (Å²) in [5.74, 6) is -0.415. The highest BCUT2D eigenvalue weighted by Gasteiger charge is 2.35. The maximum absolute atomic E-state index is 12.7. The van der Waals surface area contributed by atoms with E-state index >= 15 is 0 Å². The van der Waals surface area contributed by atoms with E-state index in [0.29, 0.717) is 12.1 Å². The molecule has 0 bridgehead atoms. The van der Waals surface area contributed by atoms with E-state index in [0.717, 1.165) is 5.69 Å². The van der Waals surface area contributed by atoms with E-state index in [1.807, 2.05) is 0 Å². The van der Waals surface area contributed by atoms with E-state index in [-0.39, 0.29) is 0 Å². The maximum atomic E-state index is 12.7. The third-order valence-electron chi connectivity index (χ3n) is 3.94. The second-order valence-corrected chi connectivity index (χ2v) is 5.01. The molecule has 2 unspecified atom stereocenters. The number of hydrogen-bond acceptors (Lipinski definition) is 3. The van der Waals surface area contributed by atoms with Crippen molar-refractivity contribution < 1.29 is 4.39 Å². The average molecular weight is 235 g/mol. The van der Waals surface area contributed by atoms with Gasteiger partial charge in [0.1, 0.15) is 0 Å². The minimum atomic E-state index is -0.415. The molecular weight excluding hydrogens is 217 g/mol. The molecule has 0 spiro atoms. The molecule has 2 saturated heterocycles. The van der Waals surface area contributed by atoms with Crippen LogP contribution in [-0.2, 0) is 0 Å². The summed E-state index contributed by atoms with van der Waals surface area (Å²) in [5.41, 5.74) is 0.934. The summed E-state index contributed by atoms with van der Waals surface area (Å²) in [5, 5.41) is 3.50. The molecule has 0 saturated carbocycles. The third kappa shape index (κ3) is 2.27. The molecule has 1 aromatic rings. The van der Waals surface area contributed by atoms with Gasteiger partial charge in [0.05, 0.1) is 11.9 Å². The zero-order chi connectivity index (χ0) is 11.7. The summed E-state index contributed by atoms with van der Waals surface area (Å²) < 4.78 is 12.7. The fraction of sp³-hybridized carbons (Fsp3) is 0.615. The standard InChI is InChI=1S/C13H18FN3/c14-13-5-4-10(9-15-13)16-11-6-8-17-7-2-1-3-12(11)17/h4-5,9,11-12,16H,1-3,6-8H2. The van der Waals surface area contributed by atoms with E-state index in [1.165, 1.54) is 44.8 Å². The van der Waals surface area contributed by atoms with Crippen LogP contribution in [0.25, 0.3) is 0 Å². The van der Waals surface area contributed by atoms with Gasteiger partial charge in [0.25, 0.3) is 0 Å². The molecule has 0 aliphatic carbocycles. The van der Waals surface area contributed by atoms with Crippen LogP contribution < -0.4 is 5.32 Å². The van der Waals surface area contributed by atoms with Gasteiger partial charge in [-0.2, -0.15) is 4.39 Å². The highest BCUT2D eigenvalue weighted by molar-refractivity contribution is 5.41. The van der Waals surface area contributed by atoms with Crippen molar-refractivity contribution in [2.24, 2.45) is 0 Å². The second-order valence-electron chi connectivity index (χ2n) is 5.01. The van der Waals surface area contributed by atoms with Crippen LogP contribution in [0.1, 0.15) is 25.7 Å². The van der Waals surface area contributed by atoms with Gasteiger partial charge in [-0.15, -0.1) is 0 Å². The first-order valence-electron chi connectivity index (χ1n) is 6.45. The van der Waals surface area contributed by atoms with Crippen molar-refractivity contribution in [3.05, 3.63) is 24.3 Å². The molecule has 3 rings (SSSR count). The van der Waals surface area contributed by atoms with Crippen molar-refractivity contribution >= 4 is 5.69 Å². The van der Waals surface area contributed by atoms with Crippen molar-refractivity contribution in [2.45, 2.75) is 37.8 Å². The van der Waals surface area contributed by atoms with Crippen molar-refractivity contribution in [2.75, 3.05) is 18.4 Å². The van der Waals surface area contributed by atoms with Gasteiger partial charge in [0.15, 0.2) is 0 Å². The first kappa shape index (κ1) is 11.0. The molecule has 17 heavy (non-hydrogen) atoms. The Hall–Kier alpha value is -1.16. The number of fused-ring (bicyclic) bond motifs is 1.